The first-order chi connectivity index (χ1) is 17.6. The first-order valence-electron chi connectivity index (χ1n) is 12.7. The first-order valence-corrected chi connectivity index (χ1v) is 13.0. The molecule has 0 saturated carbocycles. The second kappa shape index (κ2) is 9.58. The maximum absolute atomic E-state index is 6.87. The molecule has 3 aromatic heterocycles. The molecule has 2 aliphatic rings. The molecule has 0 N–H and O–H groups in total. The van der Waals surface area contributed by atoms with Crippen molar-refractivity contribution in [2.45, 2.75) is 51.5 Å². The number of nitrogens with zero attached hydrogens (tertiary/aromatic N) is 7. The van der Waals surface area contributed by atoms with Gasteiger partial charge in [-0.05, 0) is 68.9 Å². The summed E-state index contributed by atoms with van der Waals surface area (Å²) in [6, 6.07) is 10.4. The minimum Gasteiger partial charge on any atom is -0.479 e. The number of fused-ring (bicyclic) bond motifs is 1. The Labute approximate surface area is 215 Å². The molecule has 2 aliphatic heterocycles. The number of anilines is 1. The van der Waals surface area contributed by atoms with E-state index in [2.05, 4.69) is 28.1 Å². The van der Waals surface area contributed by atoms with Gasteiger partial charge in [0.2, 0.25) is 5.88 Å². The number of hydrogen-bond acceptors (Lipinski definition) is 6. The van der Waals surface area contributed by atoms with Crippen molar-refractivity contribution in [3.63, 3.8) is 0 Å². The second-order valence-electron chi connectivity index (χ2n) is 9.61. The van der Waals surface area contributed by atoms with E-state index in [9.17, 15) is 0 Å². The molecule has 1 aromatic carbocycles. The summed E-state index contributed by atoms with van der Waals surface area (Å²) in [7, 11) is 1.62. The number of halogens is 1. The number of pyridine rings is 1. The predicted octanol–water partition coefficient (Wildman–Crippen LogP) is 5.41. The van der Waals surface area contributed by atoms with Crippen LogP contribution < -0.4 is 9.64 Å². The quantitative estimate of drug-likeness (QED) is 0.362. The van der Waals surface area contributed by atoms with E-state index in [0.717, 1.165) is 60.3 Å². The first kappa shape index (κ1) is 23.0. The number of hydrogen-bond donors (Lipinski definition) is 0. The van der Waals surface area contributed by atoms with Gasteiger partial charge in [-0.15, -0.1) is 5.10 Å². The second-order valence-corrected chi connectivity index (χ2v) is 10.0. The van der Waals surface area contributed by atoms with Gasteiger partial charge in [-0.2, -0.15) is 0 Å². The number of piperidine rings is 1. The minimum atomic E-state index is 0.109. The van der Waals surface area contributed by atoms with Crippen LogP contribution in [0.15, 0.2) is 42.9 Å². The van der Waals surface area contributed by atoms with Crippen LogP contribution in [0.5, 0.6) is 5.88 Å². The molecule has 6 rings (SSSR count). The molecule has 0 bridgehead atoms. The van der Waals surface area contributed by atoms with E-state index < -0.39 is 0 Å². The fourth-order valence-corrected chi connectivity index (χ4v) is 5.67. The number of ether oxygens (including phenoxy) is 1. The normalized spacial score (nSPS) is 17.8. The van der Waals surface area contributed by atoms with Crippen molar-refractivity contribution in [3.05, 3.63) is 65.0 Å². The van der Waals surface area contributed by atoms with Gasteiger partial charge in [-0.3, -0.25) is 0 Å². The van der Waals surface area contributed by atoms with Crippen LogP contribution in [-0.4, -0.2) is 49.5 Å². The van der Waals surface area contributed by atoms with Crippen molar-refractivity contribution in [1.29, 1.82) is 0 Å². The molecule has 1 saturated heterocycles. The van der Waals surface area contributed by atoms with E-state index in [1.165, 1.54) is 24.9 Å². The van der Waals surface area contributed by atoms with E-state index in [-0.39, 0.29) is 5.92 Å². The van der Waals surface area contributed by atoms with Crippen molar-refractivity contribution in [2.75, 3.05) is 25.1 Å². The molecular formula is C27H30ClN7O. The number of rotatable bonds is 5. The van der Waals surface area contributed by atoms with Crippen LogP contribution in [0.3, 0.4) is 0 Å². The van der Waals surface area contributed by atoms with Crippen molar-refractivity contribution in [1.82, 2.24) is 29.3 Å². The van der Waals surface area contributed by atoms with E-state index in [0.29, 0.717) is 17.4 Å². The fourth-order valence-electron chi connectivity index (χ4n) is 5.36. The Bertz CT molecular complexity index is 1390. The molecule has 0 aliphatic carbocycles. The SMILES string of the molecule is COc1nc(-c2nc3n(n2)CCC[C@H]3c2ccc(N3CCCCC3)cc2Cl)ccc1-n1cnc(C)c1. The molecule has 1 fully saturated rings. The Kier molecular flexibility index (Phi) is 6.13. The van der Waals surface area contributed by atoms with Gasteiger partial charge < -0.3 is 14.2 Å². The Morgan fingerprint density at radius 1 is 1.00 bits per heavy atom. The van der Waals surface area contributed by atoms with Crippen LogP contribution >= 0.6 is 11.6 Å². The van der Waals surface area contributed by atoms with Gasteiger partial charge in [0.15, 0.2) is 5.82 Å². The molecule has 5 heterocycles. The Morgan fingerprint density at radius 3 is 2.61 bits per heavy atom. The van der Waals surface area contributed by atoms with E-state index in [1.54, 1.807) is 13.4 Å². The highest BCUT2D eigenvalue weighted by Gasteiger charge is 2.28. The van der Waals surface area contributed by atoms with E-state index in [1.807, 2.05) is 34.5 Å². The molecule has 0 radical (unpaired) electrons. The zero-order chi connectivity index (χ0) is 24.6. The number of aromatic nitrogens is 6. The number of benzene rings is 1. The summed E-state index contributed by atoms with van der Waals surface area (Å²) in [5.41, 5.74) is 4.77. The summed E-state index contributed by atoms with van der Waals surface area (Å²) in [4.78, 5) is 16.4. The summed E-state index contributed by atoms with van der Waals surface area (Å²) >= 11 is 6.87. The number of methoxy groups -OCH3 is 1. The molecular weight excluding hydrogens is 474 g/mol. The maximum atomic E-state index is 6.87. The molecule has 0 spiro atoms. The largest absolute Gasteiger partial charge is 0.479 e. The fraction of sp³-hybridized carbons (Fsp3) is 0.407. The minimum absolute atomic E-state index is 0.109. The summed E-state index contributed by atoms with van der Waals surface area (Å²) in [6.45, 7) is 5.00. The van der Waals surface area contributed by atoms with Crippen molar-refractivity contribution < 1.29 is 4.74 Å². The Balaban J connectivity index is 1.31. The maximum Gasteiger partial charge on any atom is 0.238 e. The highest BCUT2D eigenvalue weighted by molar-refractivity contribution is 6.31. The molecule has 0 unspecified atom stereocenters. The van der Waals surface area contributed by atoms with Crippen molar-refractivity contribution >= 4 is 17.3 Å². The van der Waals surface area contributed by atoms with E-state index in [4.69, 9.17) is 31.4 Å². The smallest absolute Gasteiger partial charge is 0.238 e. The zero-order valence-electron chi connectivity index (χ0n) is 20.7. The van der Waals surface area contributed by atoms with Gasteiger partial charge in [-0.25, -0.2) is 19.6 Å². The summed E-state index contributed by atoms with van der Waals surface area (Å²) in [5.74, 6) is 2.16. The van der Waals surface area contributed by atoms with Gasteiger partial charge in [0.1, 0.15) is 17.2 Å². The summed E-state index contributed by atoms with van der Waals surface area (Å²) < 4.78 is 9.52. The van der Waals surface area contributed by atoms with Crippen LogP contribution in [0.2, 0.25) is 5.02 Å². The van der Waals surface area contributed by atoms with Gasteiger partial charge in [0.25, 0.3) is 0 Å². The lowest BCUT2D eigenvalue weighted by molar-refractivity contribution is 0.396. The number of imidazole rings is 1. The van der Waals surface area contributed by atoms with Crippen LogP contribution in [0.25, 0.3) is 17.2 Å². The average molecular weight is 504 g/mol. The molecule has 0 amide bonds. The third-order valence-corrected chi connectivity index (χ3v) is 7.54. The summed E-state index contributed by atoms with van der Waals surface area (Å²) in [5, 5.41) is 5.62. The molecule has 1 atom stereocenters. The van der Waals surface area contributed by atoms with Crippen molar-refractivity contribution in [3.8, 4) is 23.1 Å². The van der Waals surface area contributed by atoms with Crippen molar-refractivity contribution in [2.24, 2.45) is 0 Å². The van der Waals surface area contributed by atoms with Gasteiger partial charge >= 0.3 is 0 Å². The third-order valence-electron chi connectivity index (χ3n) is 7.21. The van der Waals surface area contributed by atoms with Crippen LogP contribution in [-0.2, 0) is 6.54 Å². The van der Waals surface area contributed by atoms with Gasteiger partial charge in [0, 0.05) is 42.5 Å². The standard InChI is InChI=1S/C27H30ClN7O/c1-18-16-34(17-29-18)24-11-10-23(30-27(24)36-2)25-31-26-21(7-6-14-35(26)32-25)20-9-8-19(15-22(20)28)33-12-4-3-5-13-33/h8-11,15-17,21H,3-7,12-14H2,1-2H3/t21-/m0/s1. The number of aryl methyl sites for hydroxylation is 2. The lowest BCUT2D eigenvalue weighted by Gasteiger charge is -2.30. The Hall–Kier alpha value is -3.39. The van der Waals surface area contributed by atoms with Gasteiger partial charge in [-0.1, -0.05) is 17.7 Å². The molecule has 8 nitrogen and oxygen atoms in total. The molecule has 9 heteroatoms. The lowest BCUT2D eigenvalue weighted by atomic mass is 9.91. The van der Waals surface area contributed by atoms with Crippen LogP contribution in [0.4, 0.5) is 5.69 Å². The molecule has 36 heavy (non-hydrogen) atoms. The highest BCUT2D eigenvalue weighted by atomic mass is 35.5. The van der Waals surface area contributed by atoms with Crippen LogP contribution in [0.1, 0.15) is 55.1 Å². The predicted molar refractivity (Wildman–Crippen MR) is 140 cm³/mol. The highest BCUT2D eigenvalue weighted by Crippen LogP contribution is 2.38. The van der Waals surface area contributed by atoms with E-state index >= 15 is 0 Å². The lowest BCUT2D eigenvalue weighted by Crippen LogP contribution is -2.29. The molecule has 186 valence electrons. The monoisotopic (exact) mass is 503 g/mol. The average Bonchev–Trinajstić information content (AvgIpc) is 3.55. The summed E-state index contributed by atoms with van der Waals surface area (Å²) in [6.07, 6.45) is 9.53. The zero-order valence-corrected chi connectivity index (χ0v) is 21.4. The van der Waals surface area contributed by atoms with Crippen LogP contribution in [0, 0.1) is 6.92 Å². The Morgan fingerprint density at radius 2 is 1.86 bits per heavy atom. The molecule has 4 aromatic rings. The van der Waals surface area contributed by atoms with Gasteiger partial charge in [0.05, 0.1) is 19.1 Å². The third kappa shape index (κ3) is 4.23. The topological polar surface area (TPSA) is 73.9 Å².